The maximum atomic E-state index is 12.0. The first kappa shape index (κ1) is 17.8. The smallest absolute Gasteiger partial charge is 0.311 e. The van der Waals surface area contributed by atoms with Gasteiger partial charge in [-0.15, -0.1) is 5.10 Å². The summed E-state index contributed by atoms with van der Waals surface area (Å²) in [7, 11) is 0. The Hall–Kier alpha value is -3.59. The van der Waals surface area contributed by atoms with Gasteiger partial charge in [0.05, 0.1) is 12.1 Å². The number of hydrogen-bond acceptors (Lipinski definition) is 8. The number of aryl methyl sites for hydroxylation is 1. The Morgan fingerprint density at radius 3 is 2.61 bits per heavy atom. The molecule has 10 heteroatoms. The van der Waals surface area contributed by atoms with Gasteiger partial charge in [0, 0.05) is 17.0 Å². The van der Waals surface area contributed by atoms with Gasteiger partial charge in [-0.05, 0) is 59.0 Å². The number of ether oxygens (including phenoxy) is 1. The second-order valence-corrected chi connectivity index (χ2v) is 6.18. The number of halogens is 1. The number of rotatable bonds is 6. The molecule has 2 aromatic heterocycles. The maximum absolute atomic E-state index is 12.0. The lowest BCUT2D eigenvalue weighted by atomic mass is 10.2. The van der Waals surface area contributed by atoms with Crippen LogP contribution in [0.25, 0.3) is 17.1 Å². The van der Waals surface area contributed by atoms with Crippen molar-refractivity contribution in [3.05, 3.63) is 65.8 Å². The van der Waals surface area contributed by atoms with E-state index >= 15 is 0 Å². The van der Waals surface area contributed by atoms with Crippen LogP contribution in [0.2, 0.25) is 5.02 Å². The summed E-state index contributed by atoms with van der Waals surface area (Å²) in [5, 5.41) is 15.5. The van der Waals surface area contributed by atoms with Gasteiger partial charge in [0.1, 0.15) is 12.1 Å². The summed E-state index contributed by atoms with van der Waals surface area (Å²) in [5.41, 5.74) is 1.54. The third kappa shape index (κ3) is 4.21. The number of benzene rings is 2. The summed E-state index contributed by atoms with van der Waals surface area (Å²) in [6.45, 7) is 0. The molecule has 2 aromatic carbocycles. The van der Waals surface area contributed by atoms with E-state index in [2.05, 4.69) is 25.7 Å². The van der Waals surface area contributed by atoms with Crippen LogP contribution in [0.15, 0.2) is 59.4 Å². The molecule has 28 heavy (non-hydrogen) atoms. The standard InChI is InChI=1S/C18H13ClN6O3/c19-13-3-1-12(2-4-13)18-21-16(28-22-18)9-10-17(26)27-15-7-5-14(6-8-15)25-11-20-23-24-25/h1-8,11H,9-10H2. The highest BCUT2D eigenvalue weighted by molar-refractivity contribution is 6.30. The average Bonchev–Trinajstić information content (AvgIpc) is 3.40. The minimum absolute atomic E-state index is 0.108. The lowest BCUT2D eigenvalue weighted by molar-refractivity contribution is -0.134. The molecule has 0 aliphatic carbocycles. The fourth-order valence-corrected chi connectivity index (χ4v) is 2.54. The molecule has 0 atom stereocenters. The van der Waals surface area contributed by atoms with E-state index in [0.29, 0.717) is 22.5 Å². The zero-order valence-electron chi connectivity index (χ0n) is 14.4. The van der Waals surface area contributed by atoms with Gasteiger partial charge in [-0.25, -0.2) is 4.68 Å². The number of hydrogen-bond donors (Lipinski definition) is 0. The van der Waals surface area contributed by atoms with Crippen LogP contribution in [0.5, 0.6) is 5.75 Å². The first-order valence-electron chi connectivity index (χ1n) is 8.30. The molecular weight excluding hydrogens is 384 g/mol. The molecule has 2 heterocycles. The first-order chi connectivity index (χ1) is 13.7. The van der Waals surface area contributed by atoms with E-state index in [-0.39, 0.29) is 12.8 Å². The minimum atomic E-state index is -0.401. The van der Waals surface area contributed by atoms with Gasteiger partial charge < -0.3 is 9.26 Å². The van der Waals surface area contributed by atoms with Crippen LogP contribution in [0.1, 0.15) is 12.3 Å². The Morgan fingerprint density at radius 2 is 1.89 bits per heavy atom. The van der Waals surface area contributed by atoms with Crippen LogP contribution in [0.4, 0.5) is 0 Å². The van der Waals surface area contributed by atoms with Crippen LogP contribution in [0.3, 0.4) is 0 Å². The van der Waals surface area contributed by atoms with Crippen molar-refractivity contribution in [2.24, 2.45) is 0 Å². The van der Waals surface area contributed by atoms with Gasteiger partial charge in [0.25, 0.3) is 0 Å². The SMILES string of the molecule is O=C(CCc1nc(-c2ccc(Cl)cc2)no1)Oc1ccc(-n2cnnn2)cc1. The van der Waals surface area contributed by atoms with Gasteiger partial charge in [-0.2, -0.15) is 4.98 Å². The maximum Gasteiger partial charge on any atom is 0.311 e. The lowest BCUT2D eigenvalue weighted by Crippen LogP contribution is -2.09. The monoisotopic (exact) mass is 396 g/mol. The van der Waals surface area contributed by atoms with Crippen LogP contribution in [-0.2, 0) is 11.2 Å². The largest absolute Gasteiger partial charge is 0.427 e. The van der Waals surface area contributed by atoms with E-state index in [1.807, 2.05) is 0 Å². The second kappa shape index (κ2) is 7.97. The van der Waals surface area contributed by atoms with Crippen LogP contribution >= 0.6 is 11.6 Å². The highest BCUT2D eigenvalue weighted by Gasteiger charge is 2.12. The highest BCUT2D eigenvalue weighted by Crippen LogP contribution is 2.19. The first-order valence-corrected chi connectivity index (χ1v) is 8.68. The normalized spacial score (nSPS) is 10.8. The van der Waals surface area contributed by atoms with Gasteiger partial charge in [-0.1, -0.05) is 16.8 Å². The van der Waals surface area contributed by atoms with Gasteiger partial charge >= 0.3 is 5.97 Å². The lowest BCUT2D eigenvalue weighted by Gasteiger charge is -2.04. The summed E-state index contributed by atoms with van der Waals surface area (Å²) in [6, 6.07) is 13.9. The Bertz CT molecular complexity index is 1060. The zero-order valence-corrected chi connectivity index (χ0v) is 15.2. The van der Waals surface area contributed by atoms with Crippen molar-refractivity contribution in [1.29, 1.82) is 0 Å². The zero-order chi connectivity index (χ0) is 19.3. The summed E-state index contributed by atoms with van der Waals surface area (Å²) in [5.74, 6) is 0.824. The predicted octanol–water partition coefficient (Wildman–Crippen LogP) is 2.90. The van der Waals surface area contributed by atoms with E-state index in [4.69, 9.17) is 20.9 Å². The van der Waals surface area contributed by atoms with Gasteiger partial charge in [-0.3, -0.25) is 4.79 Å². The van der Waals surface area contributed by atoms with Crippen molar-refractivity contribution in [2.45, 2.75) is 12.8 Å². The highest BCUT2D eigenvalue weighted by atomic mass is 35.5. The van der Waals surface area contributed by atoms with Crippen LogP contribution < -0.4 is 4.74 Å². The van der Waals surface area contributed by atoms with Crippen molar-refractivity contribution in [1.82, 2.24) is 30.3 Å². The summed E-state index contributed by atoms with van der Waals surface area (Å²) in [4.78, 5) is 16.3. The molecule has 0 saturated carbocycles. The topological polar surface area (TPSA) is 109 Å². The Labute approximate surface area is 163 Å². The third-order valence-electron chi connectivity index (χ3n) is 3.80. The molecule has 0 unspecified atom stereocenters. The van der Waals surface area contributed by atoms with E-state index in [0.717, 1.165) is 11.3 Å². The fourth-order valence-electron chi connectivity index (χ4n) is 2.41. The number of carbonyl (C=O) groups is 1. The second-order valence-electron chi connectivity index (χ2n) is 5.74. The summed E-state index contributed by atoms with van der Waals surface area (Å²) in [6.07, 6.45) is 1.86. The van der Waals surface area contributed by atoms with Gasteiger partial charge in [0.2, 0.25) is 11.7 Å². The number of nitrogens with zero attached hydrogens (tertiary/aromatic N) is 6. The summed E-state index contributed by atoms with van der Waals surface area (Å²) < 4.78 is 12.0. The van der Waals surface area contributed by atoms with Crippen molar-refractivity contribution in [3.8, 4) is 22.8 Å². The van der Waals surface area contributed by atoms with E-state index < -0.39 is 5.97 Å². The van der Waals surface area contributed by atoms with Crippen LogP contribution in [-0.4, -0.2) is 36.3 Å². The Kier molecular flexibility index (Phi) is 5.07. The predicted molar refractivity (Wildman–Crippen MR) is 97.9 cm³/mol. The van der Waals surface area contributed by atoms with Crippen molar-refractivity contribution in [2.75, 3.05) is 0 Å². The fraction of sp³-hybridized carbons (Fsp3) is 0.111. The van der Waals surface area contributed by atoms with E-state index in [1.165, 1.54) is 11.0 Å². The minimum Gasteiger partial charge on any atom is -0.427 e. The van der Waals surface area contributed by atoms with Crippen molar-refractivity contribution >= 4 is 17.6 Å². The molecule has 140 valence electrons. The molecule has 0 amide bonds. The molecule has 4 rings (SSSR count). The number of tetrazole rings is 1. The number of carbonyl (C=O) groups excluding carboxylic acids is 1. The molecule has 0 N–H and O–H groups in total. The van der Waals surface area contributed by atoms with Crippen LogP contribution in [0, 0.1) is 0 Å². The molecule has 0 spiro atoms. The third-order valence-corrected chi connectivity index (χ3v) is 4.05. The van der Waals surface area contributed by atoms with E-state index in [9.17, 15) is 4.79 Å². The molecule has 0 radical (unpaired) electrons. The van der Waals surface area contributed by atoms with E-state index in [1.54, 1.807) is 48.5 Å². The molecule has 9 nitrogen and oxygen atoms in total. The molecule has 0 bridgehead atoms. The van der Waals surface area contributed by atoms with Crippen molar-refractivity contribution in [3.63, 3.8) is 0 Å². The molecule has 0 aliphatic rings. The van der Waals surface area contributed by atoms with Crippen molar-refractivity contribution < 1.29 is 14.1 Å². The van der Waals surface area contributed by atoms with Gasteiger partial charge in [0.15, 0.2) is 0 Å². The summed E-state index contributed by atoms with van der Waals surface area (Å²) >= 11 is 5.86. The molecule has 0 fully saturated rings. The number of esters is 1. The molecule has 4 aromatic rings. The molecular formula is C18H13ClN6O3. The average molecular weight is 397 g/mol. The quantitative estimate of drug-likeness (QED) is 0.361. The Morgan fingerprint density at radius 1 is 1.11 bits per heavy atom. The Balaban J connectivity index is 1.31. The molecule has 0 saturated heterocycles. The molecule has 0 aliphatic heterocycles. The number of aromatic nitrogens is 6.